The Morgan fingerprint density at radius 2 is 2.20 bits per heavy atom. The average molecular weight is 304 g/mol. The molecule has 1 aliphatic heterocycles. The first kappa shape index (κ1) is 17.4. The molecule has 0 spiro atoms. The van der Waals surface area contributed by atoms with E-state index in [1.165, 1.54) is 6.26 Å². The molecule has 0 saturated carbocycles. The van der Waals surface area contributed by atoms with Crippen LogP contribution in [0.3, 0.4) is 0 Å². The lowest BCUT2D eigenvalue weighted by molar-refractivity contribution is 0.177. The maximum absolute atomic E-state index is 11.6. The molecule has 1 aliphatic rings. The lowest BCUT2D eigenvalue weighted by Gasteiger charge is -2.34. The number of nitrogens with two attached hydrogens (primary N) is 1. The van der Waals surface area contributed by atoms with Crippen LogP contribution in [-0.4, -0.2) is 62.4 Å². The van der Waals surface area contributed by atoms with E-state index < -0.39 is 10.0 Å². The summed E-state index contributed by atoms with van der Waals surface area (Å²) < 4.78 is 24.8. The number of amidine groups is 1. The number of sulfonamides is 1. The standard InChI is InChI=1S/C13H28N4O2S/c1-4-16(8-11(2)13(14)15)9-12-6-5-7-17(10-12)20(3,18)19/h11-12H,4-10H2,1-3H3,(H3,14,15). The smallest absolute Gasteiger partial charge is 0.211 e. The van der Waals surface area contributed by atoms with Crippen LogP contribution in [0.25, 0.3) is 0 Å². The lowest BCUT2D eigenvalue weighted by atomic mass is 9.98. The SMILES string of the molecule is CCN(CC1CCCN(S(C)(=O)=O)C1)CC(C)C(=N)N. The Morgan fingerprint density at radius 3 is 2.70 bits per heavy atom. The molecule has 0 radical (unpaired) electrons. The van der Waals surface area contributed by atoms with Crippen LogP contribution in [0.5, 0.6) is 0 Å². The van der Waals surface area contributed by atoms with Crippen LogP contribution in [0.1, 0.15) is 26.7 Å². The predicted molar refractivity (Wildman–Crippen MR) is 82.3 cm³/mol. The summed E-state index contributed by atoms with van der Waals surface area (Å²) in [6, 6.07) is 0. The second-order valence-electron chi connectivity index (χ2n) is 5.84. The molecule has 6 nitrogen and oxygen atoms in total. The topological polar surface area (TPSA) is 90.5 Å². The van der Waals surface area contributed by atoms with E-state index in [-0.39, 0.29) is 11.8 Å². The molecule has 1 heterocycles. The first-order chi connectivity index (χ1) is 9.24. The van der Waals surface area contributed by atoms with Crippen LogP contribution in [0.15, 0.2) is 0 Å². The van der Waals surface area contributed by atoms with Gasteiger partial charge in [-0.3, -0.25) is 5.41 Å². The van der Waals surface area contributed by atoms with Crippen molar-refractivity contribution in [1.82, 2.24) is 9.21 Å². The quantitative estimate of drug-likeness (QED) is 0.531. The molecule has 118 valence electrons. The molecule has 2 unspecified atom stereocenters. The highest BCUT2D eigenvalue weighted by Gasteiger charge is 2.27. The largest absolute Gasteiger partial charge is 0.387 e. The molecule has 0 aromatic carbocycles. The van der Waals surface area contributed by atoms with Crippen molar-refractivity contribution in [2.75, 3.05) is 39.0 Å². The summed E-state index contributed by atoms with van der Waals surface area (Å²) in [7, 11) is -3.08. The molecule has 0 aromatic heterocycles. The fraction of sp³-hybridized carbons (Fsp3) is 0.923. The van der Waals surface area contributed by atoms with Crippen molar-refractivity contribution in [3.63, 3.8) is 0 Å². The normalized spacial score (nSPS) is 22.9. The van der Waals surface area contributed by atoms with Gasteiger partial charge in [0.05, 0.1) is 12.1 Å². The van der Waals surface area contributed by atoms with Crippen molar-refractivity contribution in [2.45, 2.75) is 26.7 Å². The Bertz CT molecular complexity index is 424. The van der Waals surface area contributed by atoms with Gasteiger partial charge in [-0.15, -0.1) is 0 Å². The van der Waals surface area contributed by atoms with E-state index in [4.69, 9.17) is 11.1 Å². The van der Waals surface area contributed by atoms with Gasteiger partial charge in [-0.25, -0.2) is 12.7 Å². The van der Waals surface area contributed by atoms with Crippen molar-refractivity contribution >= 4 is 15.9 Å². The van der Waals surface area contributed by atoms with Crippen LogP contribution < -0.4 is 5.73 Å². The number of piperidine rings is 1. The molecule has 1 rings (SSSR count). The number of hydrogen-bond acceptors (Lipinski definition) is 4. The Labute approximate surface area is 122 Å². The summed E-state index contributed by atoms with van der Waals surface area (Å²) in [5.74, 6) is 0.631. The van der Waals surface area contributed by atoms with Crippen molar-refractivity contribution in [2.24, 2.45) is 17.6 Å². The predicted octanol–water partition coefficient (Wildman–Crippen LogP) is 0.552. The van der Waals surface area contributed by atoms with Gasteiger partial charge >= 0.3 is 0 Å². The fourth-order valence-electron chi connectivity index (χ4n) is 2.66. The van der Waals surface area contributed by atoms with E-state index in [0.29, 0.717) is 19.0 Å². The highest BCUT2D eigenvalue weighted by molar-refractivity contribution is 7.88. The maximum atomic E-state index is 11.6. The number of hydrogen-bond donors (Lipinski definition) is 2. The second kappa shape index (κ2) is 7.38. The van der Waals surface area contributed by atoms with Crippen molar-refractivity contribution in [3.05, 3.63) is 0 Å². The van der Waals surface area contributed by atoms with Gasteiger partial charge in [-0.1, -0.05) is 13.8 Å². The zero-order chi connectivity index (χ0) is 15.3. The van der Waals surface area contributed by atoms with Gasteiger partial charge in [0.15, 0.2) is 0 Å². The first-order valence-electron chi connectivity index (χ1n) is 7.25. The molecule has 7 heteroatoms. The highest BCUT2D eigenvalue weighted by atomic mass is 32.2. The molecular formula is C13H28N4O2S. The van der Waals surface area contributed by atoms with Gasteiger partial charge in [0.25, 0.3) is 0 Å². The minimum absolute atomic E-state index is 0.0459. The molecule has 0 amide bonds. The zero-order valence-electron chi connectivity index (χ0n) is 12.8. The summed E-state index contributed by atoms with van der Waals surface area (Å²) in [6.45, 7) is 7.84. The fourth-order valence-corrected chi connectivity index (χ4v) is 3.60. The van der Waals surface area contributed by atoms with Crippen LogP contribution in [0, 0.1) is 17.2 Å². The Hall–Kier alpha value is -0.660. The minimum Gasteiger partial charge on any atom is -0.387 e. The molecule has 1 saturated heterocycles. The van der Waals surface area contributed by atoms with Gasteiger partial charge < -0.3 is 10.6 Å². The summed E-state index contributed by atoms with van der Waals surface area (Å²) in [5, 5.41) is 7.47. The molecule has 20 heavy (non-hydrogen) atoms. The third-order valence-corrected chi connectivity index (χ3v) is 5.25. The first-order valence-corrected chi connectivity index (χ1v) is 9.10. The van der Waals surface area contributed by atoms with Gasteiger partial charge in [-0.2, -0.15) is 0 Å². The van der Waals surface area contributed by atoms with Crippen molar-refractivity contribution < 1.29 is 8.42 Å². The lowest BCUT2D eigenvalue weighted by Crippen LogP contribution is -2.44. The van der Waals surface area contributed by atoms with E-state index in [1.54, 1.807) is 4.31 Å². The van der Waals surface area contributed by atoms with Crippen molar-refractivity contribution in [1.29, 1.82) is 5.41 Å². The van der Waals surface area contributed by atoms with E-state index in [2.05, 4.69) is 11.8 Å². The van der Waals surface area contributed by atoms with Gasteiger partial charge in [-0.05, 0) is 25.3 Å². The zero-order valence-corrected chi connectivity index (χ0v) is 13.6. The molecule has 0 aliphatic carbocycles. The summed E-state index contributed by atoms with van der Waals surface area (Å²) in [6.07, 6.45) is 3.28. The van der Waals surface area contributed by atoms with Crippen LogP contribution in [-0.2, 0) is 10.0 Å². The summed E-state index contributed by atoms with van der Waals surface area (Å²) in [5.41, 5.74) is 5.52. The van der Waals surface area contributed by atoms with Crippen molar-refractivity contribution in [3.8, 4) is 0 Å². The molecule has 2 atom stereocenters. The third kappa shape index (κ3) is 5.38. The number of nitrogens with one attached hydrogen (secondary N) is 1. The molecular weight excluding hydrogens is 276 g/mol. The molecule has 1 fully saturated rings. The van der Waals surface area contributed by atoms with Crippen LogP contribution >= 0.6 is 0 Å². The van der Waals surface area contributed by atoms with Gasteiger partial charge in [0.1, 0.15) is 0 Å². The maximum Gasteiger partial charge on any atom is 0.211 e. The Balaban J connectivity index is 2.55. The Morgan fingerprint density at radius 1 is 1.55 bits per heavy atom. The monoisotopic (exact) mass is 304 g/mol. The molecule has 3 N–H and O–H groups in total. The molecule has 0 bridgehead atoms. The third-order valence-electron chi connectivity index (χ3n) is 3.98. The second-order valence-corrected chi connectivity index (χ2v) is 7.82. The number of rotatable bonds is 7. The highest BCUT2D eigenvalue weighted by Crippen LogP contribution is 2.20. The minimum atomic E-state index is -3.08. The van der Waals surface area contributed by atoms with Crippen LogP contribution in [0.4, 0.5) is 0 Å². The summed E-state index contributed by atoms with van der Waals surface area (Å²) in [4.78, 5) is 2.27. The summed E-state index contributed by atoms with van der Waals surface area (Å²) >= 11 is 0. The van der Waals surface area contributed by atoms with E-state index in [1.807, 2.05) is 6.92 Å². The average Bonchev–Trinajstić information content (AvgIpc) is 2.37. The van der Waals surface area contributed by atoms with Crippen LogP contribution in [0.2, 0.25) is 0 Å². The van der Waals surface area contributed by atoms with Gasteiger partial charge in [0, 0.05) is 32.1 Å². The molecule has 0 aromatic rings. The Kier molecular flexibility index (Phi) is 6.42. The van der Waals surface area contributed by atoms with Gasteiger partial charge in [0.2, 0.25) is 10.0 Å². The van der Waals surface area contributed by atoms with E-state index in [0.717, 1.165) is 32.5 Å². The number of nitrogens with zero attached hydrogens (tertiary/aromatic N) is 2. The van der Waals surface area contributed by atoms with E-state index >= 15 is 0 Å². The van der Waals surface area contributed by atoms with E-state index in [9.17, 15) is 8.42 Å².